The lowest BCUT2D eigenvalue weighted by Gasteiger charge is -2.01. The second kappa shape index (κ2) is 5.97. The molecule has 0 amide bonds. The van der Waals surface area contributed by atoms with Crippen molar-refractivity contribution in [1.29, 1.82) is 0 Å². The summed E-state index contributed by atoms with van der Waals surface area (Å²) >= 11 is 3.40. The summed E-state index contributed by atoms with van der Waals surface area (Å²) < 4.78 is 7.35. The van der Waals surface area contributed by atoms with Crippen LogP contribution in [0, 0.1) is 0 Å². The lowest BCUT2D eigenvalue weighted by Crippen LogP contribution is -2.24. The molecule has 118 valence electrons. The first kappa shape index (κ1) is 14.7. The lowest BCUT2D eigenvalue weighted by molar-refractivity contribution is 0.361. The molecule has 0 saturated carbocycles. The summed E-state index contributed by atoms with van der Waals surface area (Å²) in [7, 11) is 0. The zero-order chi connectivity index (χ0) is 16.5. The van der Waals surface area contributed by atoms with Gasteiger partial charge in [0.2, 0.25) is 11.7 Å². The standard InChI is InChI=1S/C16H10BrN5O2/c17-11-5-3-4-10(8-11)15-18-14(24-20-15)9-22-16(23)12-6-1-2-7-13(12)19-21-22/h1-8H,9H2. The van der Waals surface area contributed by atoms with Crippen LogP contribution in [0.5, 0.6) is 0 Å². The molecule has 0 unspecified atom stereocenters. The van der Waals surface area contributed by atoms with E-state index in [-0.39, 0.29) is 18.0 Å². The van der Waals surface area contributed by atoms with Crippen molar-refractivity contribution >= 4 is 26.8 Å². The highest BCUT2D eigenvalue weighted by Crippen LogP contribution is 2.20. The van der Waals surface area contributed by atoms with Gasteiger partial charge in [-0.25, -0.2) is 4.68 Å². The van der Waals surface area contributed by atoms with Crippen molar-refractivity contribution in [1.82, 2.24) is 25.1 Å². The molecule has 0 bridgehead atoms. The highest BCUT2D eigenvalue weighted by Gasteiger charge is 2.12. The van der Waals surface area contributed by atoms with Gasteiger partial charge in [-0.05, 0) is 24.3 Å². The molecule has 4 rings (SSSR count). The van der Waals surface area contributed by atoms with E-state index in [1.54, 1.807) is 18.2 Å². The fourth-order valence-electron chi connectivity index (χ4n) is 2.32. The largest absolute Gasteiger partial charge is 0.337 e. The molecule has 8 heteroatoms. The maximum atomic E-state index is 12.4. The summed E-state index contributed by atoms with van der Waals surface area (Å²) in [4.78, 5) is 16.7. The average Bonchev–Trinajstić information content (AvgIpc) is 3.06. The normalized spacial score (nSPS) is 11.0. The minimum atomic E-state index is -0.247. The fraction of sp³-hybridized carbons (Fsp3) is 0.0625. The molecule has 0 spiro atoms. The molecule has 2 aromatic heterocycles. The fourth-order valence-corrected chi connectivity index (χ4v) is 2.72. The van der Waals surface area contributed by atoms with Crippen LogP contribution in [0.25, 0.3) is 22.3 Å². The van der Waals surface area contributed by atoms with Crippen LogP contribution in [0.2, 0.25) is 0 Å². The molecular formula is C16H10BrN5O2. The van der Waals surface area contributed by atoms with Gasteiger partial charge in [0.1, 0.15) is 12.1 Å². The van der Waals surface area contributed by atoms with Crippen LogP contribution < -0.4 is 5.56 Å². The Hall–Kier alpha value is -2.87. The monoisotopic (exact) mass is 383 g/mol. The second-order valence-corrected chi connectivity index (χ2v) is 6.01. The Morgan fingerprint density at radius 1 is 1.12 bits per heavy atom. The van der Waals surface area contributed by atoms with Crippen molar-refractivity contribution in [3.63, 3.8) is 0 Å². The Bertz CT molecular complexity index is 1090. The van der Waals surface area contributed by atoms with Gasteiger partial charge in [0.25, 0.3) is 5.56 Å². The van der Waals surface area contributed by atoms with Crippen molar-refractivity contribution in [2.45, 2.75) is 6.54 Å². The number of fused-ring (bicyclic) bond motifs is 1. The molecule has 2 aromatic carbocycles. The van der Waals surface area contributed by atoms with Crippen molar-refractivity contribution in [3.05, 3.63) is 69.2 Å². The van der Waals surface area contributed by atoms with Crippen LogP contribution in [0.3, 0.4) is 0 Å². The van der Waals surface area contributed by atoms with Gasteiger partial charge in [0.15, 0.2) is 0 Å². The zero-order valence-electron chi connectivity index (χ0n) is 12.3. The Morgan fingerprint density at radius 2 is 2.00 bits per heavy atom. The highest BCUT2D eigenvalue weighted by molar-refractivity contribution is 9.10. The van der Waals surface area contributed by atoms with Crippen LogP contribution >= 0.6 is 15.9 Å². The van der Waals surface area contributed by atoms with Crippen LogP contribution in [0.1, 0.15) is 5.89 Å². The molecule has 4 aromatic rings. The third-order valence-corrected chi connectivity index (χ3v) is 3.96. The first-order valence-corrected chi connectivity index (χ1v) is 7.91. The third-order valence-electron chi connectivity index (χ3n) is 3.47. The molecule has 0 aliphatic heterocycles. The summed E-state index contributed by atoms with van der Waals surface area (Å²) in [6, 6.07) is 14.6. The maximum Gasteiger partial charge on any atom is 0.278 e. The van der Waals surface area contributed by atoms with Crippen LogP contribution in [-0.4, -0.2) is 25.1 Å². The number of halogens is 1. The smallest absolute Gasteiger partial charge is 0.278 e. The predicted molar refractivity (Wildman–Crippen MR) is 90.3 cm³/mol. The summed E-state index contributed by atoms with van der Waals surface area (Å²) in [5.41, 5.74) is 1.12. The van der Waals surface area contributed by atoms with E-state index >= 15 is 0 Å². The van der Waals surface area contributed by atoms with Gasteiger partial charge in [-0.2, -0.15) is 4.98 Å². The van der Waals surface area contributed by atoms with Crippen molar-refractivity contribution < 1.29 is 4.52 Å². The Labute approximate surface area is 144 Å². The van der Waals surface area contributed by atoms with E-state index in [1.165, 1.54) is 4.68 Å². The molecule has 0 radical (unpaired) electrons. The minimum absolute atomic E-state index is 0.0671. The maximum absolute atomic E-state index is 12.4. The van der Waals surface area contributed by atoms with Gasteiger partial charge in [-0.1, -0.05) is 50.6 Å². The van der Waals surface area contributed by atoms with Crippen molar-refractivity contribution in [2.75, 3.05) is 0 Å². The molecule has 0 fully saturated rings. The molecule has 0 aliphatic carbocycles. The van der Waals surface area contributed by atoms with E-state index in [4.69, 9.17) is 4.52 Å². The molecule has 24 heavy (non-hydrogen) atoms. The average molecular weight is 384 g/mol. The SMILES string of the molecule is O=c1c2ccccc2nnn1Cc1nc(-c2cccc(Br)c2)no1. The minimum Gasteiger partial charge on any atom is -0.337 e. The van der Waals surface area contributed by atoms with E-state index in [0.717, 1.165) is 10.0 Å². The quantitative estimate of drug-likeness (QED) is 0.540. The van der Waals surface area contributed by atoms with E-state index in [9.17, 15) is 4.79 Å². The van der Waals surface area contributed by atoms with Crippen LogP contribution in [0.4, 0.5) is 0 Å². The molecule has 2 heterocycles. The van der Waals surface area contributed by atoms with Gasteiger partial charge in [-0.3, -0.25) is 4.79 Å². The highest BCUT2D eigenvalue weighted by atomic mass is 79.9. The van der Waals surface area contributed by atoms with Gasteiger partial charge >= 0.3 is 0 Å². The van der Waals surface area contributed by atoms with Gasteiger partial charge in [0, 0.05) is 10.0 Å². The molecule has 7 nitrogen and oxygen atoms in total. The van der Waals surface area contributed by atoms with Gasteiger partial charge in [0.05, 0.1) is 5.39 Å². The molecular weight excluding hydrogens is 374 g/mol. The molecule has 0 atom stereocenters. The first-order valence-electron chi connectivity index (χ1n) is 7.12. The lowest BCUT2D eigenvalue weighted by atomic mass is 10.2. The number of aromatic nitrogens is 5. The van der Waals surface area contributed by atoms with E-state index in [2.05, 4.69) is 36.4 Å². The summed E-state index contributed by atoms with van der Waals surface area (Å²) in [6.45, 7) is 0.0671. The molecule has 0 N–H and O–H groups in total. The van der Waals surface area contributed by atoms with Crippen molar-refractivity contribution in [3.8, 4) is 11.4 Å². The summed E-state index contributed by atoms with van der Waals surface area (Å²) in [5, 5.41) is 12.4. The first-order chi connectivity index (χ1) is 11.7. The van der Waals surface area contributed by atoms with E-state index in [0.29, 0.717) is 16.7 Å². The topological polar surface area (TPSA) is 86.7 Å². The predicted octanol–water partition coefficient (Wildman–Crippen LogP) is 2.65. The number of rotatable bonds is 3. The zero-order valence-corrected chi connectivity index (χ0v) is 13.8. The summed E-state index contributed by atoms with van der Waals surface area (Å²) in [6.07, 6.45) is 0. The van der Waals surface area contributed by atoms with Crippen LogP contribution in [-0.2, 0) is 6.54 Å². The Kier molecular flexibility index (Phi) is 3.66. The molecule has 0 saturated heterocycles. The number of hydrogen-bond donors (Lipinski definition) is 0. The van der Waals surface area contributed by atoms with E-state index in [1.807, 2.05) is 30.3 Å². The van der Waals surface area contributed by atoms with Gasteiger partial charge in [-0.15, -0.1) is 5.10 Å². The number of benzene rings is 2. The third kappa shape index (κ3) is 2.71. The Balaban J connectivity index is 1.67. The number of nitrogens with zero attached hydrogens (tertiary/aromatic N) is 5. The Morgan fingerprint density at radius 3 is 2.88 bits per heavy atom. The van der Waals surface area contributed by atoms with Crippen molar-refractivity contribution in [2.24, 2.45) is 0 Å². The number of hydrogen-bond acceptors (Lipinski definition) is 6. The van der Waals surface area contributed by atoms with Crippen LogP contribution in [0.15, 0.2) is 62.3 Å². The molecule has 0 aliphatic rings. The summed E-state index contributed by atoms with van der Waals surface area (Å²) in [5.74, 6) is 0.741. The van der Waals surface area contributed by atoms with Gasteiger partial charge < -0.3 is 4.52 Å². The van der Waals surface area contributed by atoms with E-state index < -0.39 is 0 Å². The second-order valence-electron chi connectivity index (χ2n) is 5.09.